The minimum atomic E-state index is -0.317. The molecule has 3 heterocycles. The maximum atomic E-state index is 12.4. The minimum absolute atomic E-state index is 0.127. The van der Waals surface area contributed by atoms with Crippen LogP contribution in [-0.4, -0.2) is 30.2 Å². The first-order valence-electron chi connectivity index (χ1n) is 7.92. The van der Waals surface area contributed by atoms with Gasteiger partial charge in [-0.25, -0.2) is 9.67 Å². The Bertz CT molecular complexity index is 996. The third kappa shape index (κ3) is 3.42. The molecule has 0 bridgehead atoms. The Hall–Kier alpha value is -3.03. The van der Waals surface area contributed by atoms with Crippen LogP contribution in [0.1, 0.15) is 26.5 Å². The van der Waals surface area contributed by atoms with Gasteiger partial charge < -0.3 is 5.32 Å². The van der Waals surface area contributed by atoms with Gasteiger partial charge in [-0.05, 0) is 33.8 Å². The minimum Gasteiger partial charge on any atom is -0.309 e. The van der Waals surface area contributed by atoms with Crippen molar-refractivity contribution < 1.29 is 4.79 Å². The van der Waals surface area contributed by atoms with Gasteiger partial charge >= 0.3 is 0 Å². The molecule has 3 aromatic heterocycles. The summed E-state index contributed by atoms with van der Waals surface area (Å²) in [6.07, 6.45) is 4.41. The average Bonchev–Trinajstić information content (AvgIpc) is 2.91. The summed E-state index contributed by atoms with van der Waals surface area (Å²) in [6, 6.07) is 3.40. The van der Waals surface area contributed by atoms with Gasteiger partial charge in [-0.15, -0.1) is 0 Å². The maximum absolute atomic E-state index is 12.4. The third-order valence-electron chi connectivity index (χ3n) is 3.68. The largest absolute Gasteiger partial charge is 0.309 e. The molecule has 8 nitrogen and oxygen atoms in total. The van der Waals surface area contributed by atoms with Crippen LogP contribution < -0.4 is 10.9 Å². The molecule has 3 aromatic rings. The van der Waals surface area contributed by atoms with Crippen molar-refractivity contribution in [2.75, 3.05) is 5.32 Å². The van der Waals surface area contributed by atoms with Crippen LogP contribution in [-0.2, 0) is 16.9 Å². The van der Waals surface area contributed by atoms with Crippen molar-refractivity contribution in [3.8, 4) is 0 Å². The summed E-state index contributed by atoms with van der Waals surface area (Å²) in [5.41, 5.74) is 0.765. The molecule has 0 saturated heterocycles. The predicted octanol–water partition coefficient (Wildman–Crippen LogP) is 1.69. The highest BCUT2D eigenvalue weighted by atomic mass is 16.2. The van der Waals surface area contributed by atoms with Crippen LogP contribution in [0.4, 0.5) is 5.82 Å². The van der Waals surface area contributed by atoms with E-state index in [0.29, 0.717) is 16.7 Å². The number of hydrogen-bond acceptors (Lipinski definition) is 5. The quantitative estimate of drug-likeness (QED) is 0.783. The van der Waals surface area contributed by atoms with Gasteiger partial charge in [0.1, 0.15) is 12.4 Å². The zero-order valence-electron chi connectivity index (χ0n) is 14.6. The summed E-state index contributed by atoms with van der Waals surface area (Å²) in [6.45, 7) is 7.74. The fourth-order valence-corrected chi connectivity index (χ4v) is 2.56. The number of nitrogens with one attached hydrogen (secondary N) is 1. The number of aryl methyl sites for hydroxylation is 1. The van der Waals surface area contributed by atoms with Crippen molar-refractivity contribution in [3.05, 3.63) is 46.9 Å². The lowest BCUT2D eigenvalue weighted by Gasteiger charge is -2.22. The Morgan fingerprint density at radius 2 is 2.08 bits per heavy atom. The summed E-state index contributed by atoms with van der Waals surface area (Å²) in [5.74, 6) is 0.281. The first kappa shape index (κ1) is 16.8. The first-order chi connectivity index (χ1) is 11.8. The van der Waals surface area contributed by atoms with Crippen molar-refractivity contribution >= 4 is 22.6 Å². The number of nitrogens with zero attached hydrogens (tertiary/aromatic N) is 5. The Kier molecular flexibility index (Phi) is 4.12. The molecule has 0 aromatic carbocycles. The van der Waals surface area contributed by atoms with E-state index in [1.807, 2.05) is 27.7 Å². The summed E-state index contributed by atoms with van der Waals surface area (Å²) < 4.78 is 3.04. The van der Waals surface area contributed by atoms with E-state index in [1.165, 1.54) is 23.3 Å². The van der Waals surface area contributed by atoms with Gasteiger partial charge in [0, 0.05) is 12.3 Å². The van der Waals surface area contributed by atoms with Crippen LogP contribution in [0, 0.1) is 6.92 Å². The summed E-state index contributed by atoms with van der Waals surface area (Å²) >= 11 is 0. The molecule has 8 heteroatoms. The Balaban J connectivity index is 1.85. The predicted molar refractivity (Wildman–Crippen MR) is 94.4 cm³/mol. The highest BCUT2D eigenvalue weighted by molar-refractivity contribution is 5.90. The van der Waals surface area contributed by atoms with Gasteiger partial charge in [-0.3, -0.25) is 19.1 Å². The number of fused-ring (bicyclic) bond motifs is 1. The van der Waals surface area contributed by atoms with Gasteiger partial charge in [0.15, 0.2) is 0 Å². The number of carbonyl (C=O) groups is 1. The second kappa shape index (κ2) is 6.12. The topological polar surface area (TPSA) is 94.7 Å². The second-order valence-electron chi connectivity index (χ2n) is 6.87. The van der Waals surface area contributed by atoms with Crippen LogP contribution in [0.3, 0.4) is 0 Å². The van der Waals surface area contributed by atoms with Crippen LogP contribution in [0.15, 0.2) is 35.6 Å². The second-order valence-corrected chi connectivity index (χ2v) is 6.87. The van der Waals surface area contributed by atoms with E-state index in [-0.39, 0.29) is 23.6 Å². The first-order valence-corrected chi connectivity index (χ1v) is 7.92. The number of rotatable bonds is 3. The molecular formula is C17H20N6O2. The van der Waals surface area contributed by atoms with E-state index >= 15 is 0 Å². The number of aromatic nitrogens is 5. The lowest BCUT2D eigenvalue weighted by atomic mass is 10.1. The van der Waals surface area contributed by atoms with E-state index in [0.717, 1.165) is 5.69 Å². The van der Waals surface area contributed by atoms with Gasteiger partial charge in [-0.1, -0.05) is 0 Å². The number of hydrogen-bond donors (Lipinski definition) is 1. The summed E-state index contributed by atoms with van der Waals surface area (Å²) in [4.78, 5) is 33.0. The van der Waals surface area contributed by atoms with E-state index in [4.69, 9.17) is 0 Å². The van der Waals surface area contributed by atoms with Crippen LogP contribution >= 0.6 is 0 Å². The van der Waals surface area contributed by atoms with Crippen molar-refractivity contribution in [2.45, 2.75) is 39.8 Å². The zero-order valence-corrected chi connectivity index (χ0v) is 14.6. The fraction of sp³-hybridized carbons (Fsp3) is 0.353. The lowest BCUT2D eigenvalue weighted by Crippen LogP contribution is -2.30. The molecule has 0 aliphatic heterocycles. The Labute approximate surface area is 144 Å². The highest BCUT2D eigenvalue weighted by Gasteiger charge is 2.20. The van der Waals surface area contributed by atoms with E-state index < -0.39 is 0 Å². The molecule has 0 fully saturated rings. The SMILES string of the molecule is Cc1cc(NC(=O)Cn2cnc3cnccc3c2=O)n(C(C)(C)C)n1. The number of anilines is 1. The molecular weight excluding hydrogens is 320 g/mol. The van der Waals surface area contributed by atoms with Crippen molar-refractivity contribution in [1.82, 2.24) is 24.3 Å². The molecule has 0 spiro atoms. The summed E-state index contributed by atoms with van der Waals surface area (Å²) in [5, 5.41) is 7.67. The Morgan fingerprint density at radius 3 is 2.80 bits per heavy atom. The molecule has 0 unspecified atom stereocenters. The molecule has 1 amide bonds. The number of amides is 1. The van der Waals surface area contributed by atoms with Crippen LogP contribution in [0.25, 0.3) is 10.9 Å². The van der Waals surface area contributed by atoms with E-state index in [1.54, 1.807) is 16.8 Å². The smallest absolute Gasteiger partial charge is 0.261 e. The van der Waals surface area contributed by atoms with Crippen molar-refractivity contribution in [1.29, 1.82) is 0 Å². The zero-order chi connectivity index (χ0) is 18.2. The van der Waals surface area contributed by atoms with Crippen LogP contribution in [0.5, 0.6) is 0 Å². The van der Waals surface area contributed by atoms with Gasteiger partial charge in [-0.2, -0.15) is 5.10 Å². The van der Waals surface area contributed by atoms with Crippen molar-refractivity contribution in [3.63, 3.8) is 0 Å². The lowest BCUT2D eigenvalue weighted by molar-refractivity contribution is -0.116. The van der Waals surface area contributed by atoms with Crippen molar-refractivity contribution in [2.24, 2.45) is 0 Å². The Morgan fingerprint density at radius 1 is 1.32 bits per heavy atom. The number of pyridine rings is 1. The molecule has 1 N–H and O–H groups in total. The number of carbonyl (C=O) groups excluding carboxylic acids is 1. The molecule has 25 heavy (non-hydrogen) atoms. The maximum Gasteiger partial charge on any atom is 0.261 e. The van der Waals surface area contributed by atoms with Gasteiger partial charge in [0.25, 0.3) is 5.56 Å². The van der Waals surface area contributed by atoms with Gasteiger partial charge in [0.2, 0.25) is 5.91 Å². The van der Waals surface area contributed by atoms with Crippen LogP contribution in [0.2, 0.25) is 0 Å². The standard InChI is InChI=1S/C17H20N6O2/c1-11-7-14(23(21-11)17(2,3)4)20-15(24)9-22-10-19-13-8-18-6-5-12(13)16(22)25/h5-8,10H,9H2,1-4H3,(H,20,24). The highest BCUT2D eigenvalue weighted by Crippen LogP contribution is 2.21. The van der Waals surface area contributed by atoms with Gasteiger partial charge in [0.05, 0.1) is 34.7 Å². The molecule has 0 aliphatic rings. The molecule has 0 aliphatic carbocycles. The normalized spacial score (nSPS) is 11.7. The fourth-order valence-electron chi connectivity index (χ4n) is 2.56. The van der Waals surface area contributed by atoms with E-state index in [9.17, 15) is 9.59 Å². The molecule has 0 radical (unpaired) electrons. The average molecular weight is 340 g/mol. The molecule has 3 rings (SSSR count). The molecule has 0 saturated carbocycles. The molecule has 130 valence electrons. The van der Waals surface area contributed by atoms with E-state index in [2.05, 4.69) is 20.4 Å². The molecule has 0 atom stereocenters. The summed E-state index contributed by atoms with van der Waals surface area (Å²) in [7, 11) is 0. The third-order valence-corrected chi connectivity index (χ3v) is 3.68. The monoisotopic (exact) mass is 340 g/mol.